The van der Waals surface area contributed by atoms with E-state index in [1.807, 2.05) is 12.1 Å². The Kier molecular flexibility index (Phi) is 4.75. The molecule has 2 N–H and O–H groups in total. The Bertz CT molecular complexity index is 633. The van der Waals surface area contributed by atoms with Gasteiger partial charge in [0.1, 0.15) is 6.26 Å². The summed E-state index contributed by atoms with van der Waals surface area (Å²) in [6.45, 7) is 2.32. The molecular formula is C16H18ClN3O2. The highest BCUT2D eigenvalue weighted by Crippen LogP contribution is 2.22. The average molecular weight is 320 g/mol. The van der Waals surface area contributed by atoms with Crippen molar-refractivity contribution in [1.29, 1.82) is 0 Å². The van der Waals surface area contributed by atoms with Gasteiger partial charge in [0.05, 0.1) is 0 Å². The van der Waals surface area contributed by atoms with E-state index in [1.165, 1.54) is 6.26 Å². The number of hydrogen-bond acceptors (Lipinski definition) is 4. The Morgan fingerprint density at radius 3 is 2.95 bits per heavy atom. The Balaban J connectivity index is 1.58. The lowest BCUT2D eigenvalue weighted by Crippen LogP contribution is -2.28. The van der Waals surface area contributed by atoms with Crippen molar-refractivity contribution in [3.63, 3.8) is 0 Å². The summed E-state index contributed by atoms with van der Waals surface area (Å²) < 4.78 is 5.46. The van der Waals surface area contributed by atoms with Crippen molar-refractivity contribution in [2.75, 3.05) is 13.1 Å². The Labute approximate surface area is 134 Å². The van der Waals surface area contributed by atoms with E-state index in [0.717, 1.165) is 31.5 Å². The van der Waals surface area contributed by atoms with Gasteiger partial charge < -0.3 is 15.1 Å². The lowest BCUT2D eigenvalue weighted by molar-refractivity contribution is 0.0946. The van der Waals surface area contributed by atoms with Gasteiger partial charge in [-0.15, -0.1) is 0 Å². The molecule has 2 aromatic rings. The molecule has 1 saturated heterocycles. The van der Waals surface area contributed by atoms with E-state index in [9.17, 15) is 4.79 Å². The Morgan fingerprint density at radius 1 is 1.41 bits per heavy atom. The standard InChI is InChI=1S/C16H18ClN3O2/c17-13-5-3-11(4-6-13)8-19-15(21)14-10-22-16(20-14)12-2-1-7-18-9-12/h3-6,10,12,18H,1-2,7-9H2,(H,19,21). The number of nitrogens with one attached hydrogen (secondary N) is 2. The van der Waals surface area contributed by atoms with Gasteiger partial charge in [0.2, 0.25) is 0 Å². The molecule has 0 saturated carbocycles. The highest BCUT2D eigenvalue weighted by atomic mass is 35.5. The van der Waals surface area contributed by atoms with Gasteiger partial charge in [-0.25, -0.2) is 4.98 Å². The first-order chi connectivity index (χ1) is 10.7. The van der Waals surface area contributed by atoms with E-state index in [4.69, 9.17) is 16.0 Å². The number of hydrogen-bond donors (Lipinski definition) is 2. The van der Waals surface area contributed by atoms with Gasteiger partial charge in [-0.1, -0.05) is 23.7 Å². The maximum Gasteiger partial charge on any atom is 0.273 e. The van der Waals surface area contributed by atoms with Crippen LogP contribution >= 0.6 is 11.6 Å². The first kappa shape index (κ1) is 15.1. The molecule has 3 rings (SSSR count). The second kappa shape index (κ2) is 6.94. The average Bonchev–Trinajstić information content (AvgIpc) is 3.05. The summed E-state index contributed by atoms with van der Waals surface area (Å²) in [4.78, 5) is 16.4. The largest absolute Gasteiger partial charge is 0.448 e. The molecule has 22 heavy (non-hydrogen) atoms. The molecule has 1 unspecified atom stereocenters. The maximum absolute atomic E-state index is 12.1. The van der Waals surface area contributed by atoms with Crippen LogP contribution in [-0.4, -0.2) is 24.0 Å². The van der Waals surface area contributed by atoms with Crippen LogP contribution in [0.2, 0.25) is 5.02 Å². The third kappa shape index (κ3) is 3.67. The van der Waals surface area contributed by atoms with Crippen molar-refractivity contribution in [3.05, 3.63) is 52.7 Å². The van der Waals surface area contributed by atoms with Crippen LogP contribution in [0, 0.1) is 0 Å². The summed E-state index contributed by atoms with van der Waals surface area (Å²) in [7, 11) is 0. The van der Waals surface area contributed by atoms with Gasteiger partial charge >= 0.3 is 0 Å². The molecule has 6 heteroatoms. The Hall–Kier alpha value is -1.85. The summed E-state index contributed by atoms with van der Waals surface area (Å²) in [5.41, 5.74) is 1.31. The van der Waals surface area contributed by atoms with Crippen molar-refractivity contribution in [1.82, 2.24) is 15.6 Å². The topological polar surface area (TPSA) is 67.2 Å². The normalized spacial score (nSPS) is 18.1. The number of piperidine rings is 1. The van der Waals surface area contributed by atoms with E-state index >= 15 is 0 Å². The van der Waals surface area contributed by atoms with Crippen LogP contribution in [-0.2, 0) is 6.54 Å². The number of nitrogens with zero attached hydrogens (tertiary/aromatic N) is 1. The highest BCUT2D eigenvalue weighted by Gasteiger charge is 2.21. The molecule has 0 aliphatic carbocycles. The van der Waals surface area contributed by atoms with Gasteiger partial charge in [0.15, 0.2) is 11.6 Å². The molecule has 1 aliphatic rings. The third-order valence-corrected chi connectivity index (χ3v) is 4.02. The molecule has 1 atom stereocenters. The number of carbonyl (C=O) groups excluding carboxylic acids is 1. The lowest BCUT2D eigenvalue weighted by Gasteiger charge is -2.19. The van der Waals surface area contributed by atoms with Gasteiger partial charge in [-0.2, -0.15) is 0 Å². The molecule has 1 amide bonds. The number of aromatic nitrogens is 1. The van der Waals surface area contributed by atoms with Crippen LogP contribution in [0.1, 0.15) is 40.7 Å². The zero-order valence-corrected chi connectivity index (χ0v) is 12.9. The van der Waals surface area contributed by atoms with Crippen molar-refractivity contribution in [2.24, 2.45) is 0 Å². The SMILES string of the molecule is O=C(NCc1ccc(Cl)cc1)c1coc(C2CCCNC2)n1. The zero-order valence-electron chi connectivity index (χ0n) is 12.1. The number of halogens is 1. The smallest absolute Gasteiger partial charge is 0.273 e. The van der Waals surface area contributed by atoms with Crippen LogP contribution in [0.4, 0.5) is 0 Å². The molecule has 0 spiro atoms. The second-order valence-corrected chi connectivity index (χ2v) is 5.86. The van der Waals surface area contributed by atoms with E-state index < -0.39 is 0 Å². The number of carbonyl (C=O) groups is 1. The fraction of sp³-hybridized carbons (Fsp3) is 0.375. The van der Waals surface area contributed by atoms with Crippen molar-refractivity contribution < 1.29 is 9.21 Å². The van der Waals surface area contributed by atoms with E-state index in [0.29, 0.717) is 23.2 Å². The predicted octanol–water partition coefficient (Wildman–Crippen LogP) is 2.73. The molecule has 1 aromatic carbocycles. The van der Waals surface area contributed by atoms with Gasteiger partial charge in [-0.3, -0.25) is 4.79 Å². The first-order valence-electron chi connectivity index (χ1n) is 7.41. The minimum Gasteiger partial charge on any atom is -0.448 e. The van der Waals surface area contributed by atoms with E-state index in [2.05, 4.69) is 15.6 Å². The molecule has 116 valence electrons. The number of oxazole rings is 1. The van der Waals surface area contributed by atoms with Crippen LogP contribution < -0.4 is 10.6 Å². The molecule has 0 radical (unpaired) electrons. The maximum atomic E-state index is 12.1. The summed E-state index contributed by atoms with van der Waals surface area (Å²) in [6, 6.07) is 7.36. The first-order valence-corrected chi connectivity index (χ1v) is 7.79. The molecule has 5 nitrogen and oxygen atoms in total. The third-order valence-electron chi connectivity index (χ3n) is 3.77. The summed E-state index contributed by atoms with van der Waals surface area (Å²) in [5.74, 6) is 0.670. The van der Waals surface area contributed by atoms with Crippen molar-refractivity contribution >= 4 is 17.5 Å². The van der Waals surface area contributed by atoms with E-state index in [1.54, 1.807) is 12.1 Å². The minimum atomic E-state index is -0.228. The van der Waals surface area contributed by atoms with Crippen molar-refractivity contribution in [2.45, 2.75) is 25.3 Å². The molecule has 1 aliphatic heterocycles. The predicted molar refractivity (Wildman–Crippen MR) is 84.0 cm³/mol. The lowest BCUT2D eigenvalue weighted by atomic mass is 10.00. The van der Waals surface area contributed by atoms with Crippen molar-refractivity contribution in [3.8, 4) is 0 Å². The number of amides is 1. The number of rotatable bonds is 4. The van der Waals surface area contributed by atoms with Gasteiger partial charge in [0.25, 0.3) is 5.91 Å². The van der Waals surface area contributed by atoms with Gasteiger partial charge in [-0.05, 0) is 37.1 Å². The van der Waals surface area contributed by atoms with Crippen LogP contribution in [0.5, 0.6) is 0 Å². The molecule has 1 aromatic heterocycles. The van der Waals surface area contributed by atoms with Gasteiger partial charge in [0, 0.05) is 24.0 Å². The fourth-order valence-corrected chi connectivity index (χ4v) is 2.64. The quantitative estimate of drug-likeness (QED) is 0.909. The molecule has 1 fully saturated rings. The number of benzene rings is 1. The summed E-state index contributed by atoms with van der Waals surface area (Å²) in [5, 5.41) is 6.82. The summed E-state index contributed by atoms with van der Waals surface area (Å²) in [6.07, 6.45) is 3.58. The molecular weight excluding hydrogens is 302 g/mol. The molecule has 0 bridgehead atoms. The van der Waals surface area contributed by atoms with Crippen LogP contribution in [0.15, 0.2) is 34.9 Å². The summed E-state index contributed by atoms with van der Waals surface area (Å²) >= 11 is 5.83. The van der Waals surface area contributed by atoms with Crippen LogP contribution in [0.25, 0.3) is 0 Å². The fourth-order valence-electron chi connectivity index (χ4n) is 2.52. The highest BCUT2D eigenvalue weighted by molar-refractivity contribution is 6.30. The monoisotopic (exact) mass is 319 g/mol. The minimum absolute atomic E-state index is 0.228. The Morgan fingerprint density at radius 2 is 2.23 bits per heavy atom. The van der Waals surface area contributed by atoms with Crippen LogP contribution in [0.3, 0.4) is 0 Å². The zero-order chi connectivity index (χ0) is 15.4. The second-order valence-electron chi connectivity index (χ2n) is 5.42. The van der Waals surface area contributed by atoms with E-state index in [-0.39, 0.29) is 11.8 Å². The molecule has 2 heterocycles.